The summed E-state index contributed by atoms with van der Waals surface area (Å²) in [6.45, 7) is 4.91. The number of hydrogen-bond donors (Lipinski definition) is 2. The number of nitrogens with zero attached hydrogens (tertiary/aromatic N) is 1. The van der Waals surface area contributed by atoms with E-state index in [0.29, 0.717) is 38.0 Å². The van der Waals surface area contributed by atoms with Crippen molar-refractivity contribution in [3.8, 4) is 17.2 Å². The standard InChI is InChI=1S/C24H30FN3O4.HI/c1-17(32-20-6-4-19(25)5-7-20)14-27-23(26-2)28-15-24(9-11-29-12-10-24)18-3-8-21-22(13-18)31-16-30-21;/h3-8,13,17H,9-12,14-16H2,1-2H3,(H2,26,27,28);1H. The zero-order valence-electron chi connectivity index (χ0n) is 18.9. The summed E-state index contributed by atoms with van der Waals surface area (Å²) in [5.41, 5.74) is 1.12. The molecule has 0 aliphatic carbocycles. The van der Waals surface area contributed by atoms with Crippen LogP contribution in [0.3, 0.4) is 0 Å². The van der Waals surface area contributed by atoms with Crippen molar-refractivity contribution in [2.45, 2.75) is 31.3 Å². The molecular formula is C24H31FIN3O4. The number of nitrogens with one attached hydrogen (secondary N) is 2. The third kappa shape index (κ3) is 6.41. The molecule has 2 aromatic rings. The number of hydrogen-bond acceptors (Lipinski definition) is 5. The van der Waals surface area contributed by atoms with Gasteiger partial charge in [0.15, 0.2) is 17.5 Å². The highest BCUT2D eigenvalue weighted by molar-refractivity contribution is 14.0. The van der Waals surface area contributed by atoms with Gasteiger partial charge in [0.05, 0.1) is 6.54 Å². The number of aliphatic imine (C=N–C) groups is 1. The molecule has 2 aliphatic heterocycles. The molecule has 0 saturated carbocycles. The fraction of sp³-hybridized carbons (Fsp3) is 0.458. The van der Waals surface area contributed by atoms with Crippen LogP contribution in [0, 0.1) is 5.82 Å². The van der Waals surface area contributed by atoms with Gasteiger partial charge in [0, 0.05) is 32.2 Å². The van der Waals surface area contributed by atoms with E-state index in [1.165, 1.54) is 17.7 Å². The number of benzene rings is 2. The molecule has 1 saturated heterocycles. The first kappa shape index (κ1) is 25.4. The Morgan fingerprint density at radius 2 is 1.82 bits per heavy atom. The van der Waals surface area contributed by atoms with E-state index in [4.69, 9.17) is 18.9 Å². The molecule has 2 heterocycles. The maximum atomic E-state index is 13.1. The lowest BCUT2D eigenvalue weighted by molar-refractivity contribution is 0.0513. The fourth-order valence-corrected chi connectivity index (χ4v) is 4.06. The van der Waals surface area contributed by atoms with Crippen LogP contribution in [0.4, 0.5) is 4.39 Å². The summed E-state index contributed by atoms with van der Waals surface area (Å²) in [5, 5.41) is 6.79. The number of halogens is 2. The zero-order valence-corrected chi connectivity index (χ0v) is 21.3. The molecule has 1 fully saturated rings. The molecule has 4 rings (SSSR count). The Labute approximate surface area is 211 Å². The Bertz CT molecular complexity index is 936. The van der Waals surface area contributed by atoms with Gasteiger partial charge in [0.2, 0.25) is 6.79 Å². The lowest BCUT2D eigenvalue weighted by Crippen LogP contribution is -2.49. The SMILES string of the molecule is CN=C(NCC(C)Oc1ccc(F)cc1)NCC1(c2ccc3c(c2)OCO3)CCOCC1.I. The lowest BCUT2D eigenvalue weighted by Gasteiger charge is -2.38. The molecule has 0 spiro atoms. The Morgan fingerprint density at radius 3 is 2.55 bits per heavy atom. The van der Waals surface area contributed by atoms with Gasteiger partial charge in [-0.05, 0) is 61.7 Å². The smallest absolute Gasteiger partial charge is 0.231 e. The zero-order chi connectivity index (χ0) is 22.4. The van der Waals surface area contributed by atoms with Crippen molar-refractivity contribution < 1.29 is 23.3 Å². The molecule has 2 aliphatic rings. The van der Waals surface area contributed by atoms with Crippen molar-refractivity contribution in [3.63, 3.8) is 0 Å². The summed E-state index contributed by atoms with van der Waals surface area (Å²) < 4.78 is 35.6. The number of guanidine groups is 1. The first-order valence-corrected chi connectivity index (χ1v) is 10.9. The molecule has 2 aromatic carbocycles. The van der Waals surface area contributed by atoms with Crippen molar-refractivity contribution in [2.24, 2.45) is 4.99 Å². The van der Waals surface area contributed by atoms with Gasteiger partial charge in [0.1, 0.15) is 17.7 Å². The number of rotatable bonds is 7. The summed E-state index contributed by atoms with van der Waals surface area (Å²) in [4.78, 5) is 4.36. The molecule has 33 heavy (non-hydrogen) atoms. The minimum absolute atomic E-state index is 0. The van der Waals surface area contributed by atoms with Crippen LogP contribution in [0.25, 0.3) is 0 Å². The second-order valence-corrected chi connectivity index (χ2v) is 8.15. The highest BCUT2D eigenvalue weighted by Gasteiger charge is 2.36. The first-order valence-electron chi connectivity index (χ1n) is 10.9. The van der Waals surface area contributed by atoms with Gasteiger partial charge >= 0.3 is 0 Å². The van der Waals surface area contributed by atoms with E-state index in [0.717, 1.165) is 24.3 Å². The van der Waals surface area contributed by atoms with Gasteiger partial charge < -0.3 is 29.6 Å². The van der Waals surface area contributed by atoms with E-state index >= 15 is 0 Å². The number of ether oxygens (including phenoxy) is 4. The highest BCUT2D eigenvalue weighted by Crippen LogP contribution is 2.40. The molecule has 1 atom stereocenters. The molecular weight excluding hydrogens is 540 g/mol. The van der Waals surface area contributed by atoms with Gasteiger partial charge in [0.25, 0.3) is 0 Å². The fourth-order valence-electron chi connectivity index (χ4n) is 4.06. The van der Waals surface area contributed by atoms with Crippen LogP contribution in [-0.4, -0.2) is 52.2 Å². The van der Waals surface area contributed by atoms with Crippen molar-refractivity contribution in [3.05, 3.63) is 53.8 Å². The third-order valence-corrected chi connectivity index (χ3v) is 5.96. The molecule has 0 aromatic heterocycles. The van der Waals surface area contributed by atoms with E-state index in [2.05, 4.69) is 27.8 Å². The Balaban J connectivity index is 0.00000306. The lowest BCUT2D eigenvalue weighted by atomic mass is 9.74. The van der Waals surface area contributed by atoms with Gasteiger partial charge in [-0.3, -0.25) is 4.99 Å². The molecule has 2 N–H and O–H groups in total. The minimum atomic E-state index is -0.280. The molecule has 1 unspecified atom stereocenters. The normalized spacial score (nSPS) is 17.6. The van der Waals surface area contributed by atoms with Crippen LogP contribution >= 0.6 is 24.0 Å². The number of fused-ring (bicyclic) bond motifs is 1. The largest absolute Gasteiger partial charge is 0.489 e. The molecule has 9 heteroatoms. The predicted octanol–water partition coefficient (Wildman–Crippen LogP) is 3.85. The second-order valence-electron chi connectivity index (χ2n) is 8.15. The maximum absolute atomic E-state index is 13.1. The highest BCUT2D eigenvalue weighted by atomic mass is 127. The van der Waals surface area contributed by atoms with Crippen molar-refractivity contribution in [2.75, 3.05) is 40.1 Å². The topological polar surface area (TPSA) is 73.3 Å². The van der Waals surface area contributed by atoms with Crippen LogP contribution in [0.2, 0.25) is 0 Å². The summed E-state index contributed by atoms with van der Waals surface area (Å²) in [7, 11) is 1.75. The average molecular weight is 571 g/mol. The quantitative estimate of drug-likeness (QED) is 0.299. The summed E-state index contributed by atoms with van der Waals surface area (Å²) in [5.74, 6) is 2.63. The van der Waals surface area contributed by atoms with Gasteiger partial charge in [-0.25, -0.2) is 4.39 Å². The van der Waals surface area contributed by atoms with Crippen LogP contribution in [0.15, 0.2) is 47.5 Å². The average Bonchev–Trinajstić information content (AvgIpc) is 3.29. The van der Waals surface area contributed by atoms with Gasteiger partial charge in [-0.15, -0.1) is 24.0 Å². The summed E-state index contributed by atoms with van der Waals surface area (Å²) in [6, 6.07) is 12.2. The van der Waals surface area contributed by atoms with E-state index in [9.17, 15) is 4.39 Å². The van der Waals surface area contributed by atoms with Crippen LogP contribution < -0.4 is 24.8 Å². The van der Waals surface area contributed by atoms with Crippen molar-refractivity contribution >= 4 is 29.9 Å². The first-order chi connectivity index (χ1) is 15.6. The van der Waals surface area contributed by atoms with Crippen LogP contribution in [0.5, 0.6) is 17.2 Å². The third-order valence-electron chi connectivity index (χ3n) is 5.96. The van der Waals surface area contributed by atoms with Gasteiger partial charge in [-0.1, -0.05) is 6.07 Å². The van der Waals surface area contributed by atoms with E-state index in [1.54, 1.807) is 19.2 Å². The molecule has 180 valence electrons. The Hall–Kier alpha value is -2.27. The Morgan fingerprint density at radius 1 is 1.09 bits per heavy atom. The van der Waals surface area contributed by atoms with Crippen molar-refractivity contribution in [1.82, 2.24) is 10.6 Å². The maximum Gasteiger partial charge on any atom is 0.231 e. The van der Waals surface area contributed by atoms with Crippen molar-refractivity contribution in [1.29, 1.82) is 0 Å². The van der Waals surface area contributed by atoms with E-state index < -0.39 is 0 Å². The summed E-state index contributed by atoms with van der Waals surface area (Å²) >= 11 is 0. The summed E-state index contributed by atoms with van der Waals surface area (Å²) in [6.07, 6.45) is 1.69. The van der Waals surface area contributed by atoms with E-state index in [1.807, 2.05) is 13.0 Å². The Kier molecular flexibility index (Phi) is 9.02. The second kappa shape index (κ2) is 11.7. The molecule has 0 bridgehead atoms. The molecule has 0 amide bonds. The monoisotopic (exact) mass is 571 g/mol. The minimum Gasteiger partial charge on any atom is -0.489 e. The van der Waals surface area contributed by atoms with Gasteiger partial charge in [-0.2, -0.15) is 0 Å². The molecule has 7 nitrogen and oxygen atoms in total. The van der Waals surface area contributed by atoms with Crippen LogP contribution in [-0.2, 0) is 10.2 Å². The van der Waals surface area contributed by atoms with Crippen LogP contribution in [0.1, 0.15) is 25.3 Å². The predicted molar refractivity (Wildman–Crippen MR) is 136 cm³/mol. The molecule has 0 radical (unpaired) electrons. The van der Waals surface area contributed by atoms with E-state index in [-0.39, 0.29) is 48.1 Å².